The maximum absolute atomic E-state index is 13.9. The molecular formula is C25H29FN4O7. The van der Waals surface area contributed by atoms with Gasteiger partial charge in [-0.15, -0.1) is 0 Å². The van der Waals surface area contributed by atoms with Crippen LogP contribution in [0.15, 0.2) is 35.0 Å². The van der Waals surface area contributed by atoms with E-state index >= 15 is 0 Å². The van der Waals surface area contributed by atoms with Gasteiger partial charge in [0, 0.05) is 24.4 Å². The van der Waals surface area contributed by atoms with Gasteiger partial charge in [0.05, 0.1) is 24.8 Å². The lowest BCUT2D eigenvalue weighted by Gasteiger charge is -2.24. The van der Waals surface area contributed by atoms with E-state index in [4.69, 9.17) is 24.5 Å². The third kappa shape index (κ3) is 6.46. The molecule has 0 bridgehead atoms. The first-order valence-corrected chi connectivity index (χ1v) is 11.2. The number of pyridine rings is 1. The fourth-order valence-electron chi connectivity index (χ4n) is 3.46. The molecule has 0 fully saturated rings. The van der Waals surface area contributed by atoms with Gasteiger partial charge >= 0.3 is 12.1 Å². The van der Waals surface area contributed by atoms with E-state index in [9.17, 15) is 19.1 Å². The zero-order valence-electron chi connectivity index (χ0n) is 21.4. The number of nitrogen functional groups attached to an aromatic ring is 1. The van der Waals surface area contributed by atoms with E-state index in [2.05, 4.69) is 10.1 Å². The predicted octanol–water partition coefficient (Wildman–Crippen LogP) is 4.67. The molecular weight excluding hydrogens is 487 g/mol. The fraction of sp³-hybridized carbons (Fsp3) is 0.360. The predicted molar refractivity (Wildman–Crippen MR) is 131 cm³/mol. The Morgan fingerprint density at radius 1 is 1.27 bits per heavy atom. The Bertz CT molecular complexity index is 1300. The molecule has 0 spiro atoms. The third-order valence-corrected chi connectivity index (χ3v) is 5.17. The zero-order valence-corrected chi connectivity index (χ0v) is 21.4. The summed E-state index contributed by atoms with van der Waals surface area (Å²) >= 11 is 0. The minimum atomic E-state index is -1.22. The van der Waals surface area contributed by atoms with Crippen molar-refractivity contribution >= 4 is 17.9 Å². The number of anilines is 1. The topological polar surface area (TPSA) is 150 Å². The second kappa shape index (κ2) is 10.7. The first-order valence-electron chi connectivity index (χ1n) is 11.2. The molecule has 0 aliphatic rings. The van der Waals surface area contributed by atoms with Gasteiger partial charge in [0.25, 0.3) is 5.88 Å². The summed E-state index contributed by atoms with van der Waals surface area (Å²) in [6.45, 7) is 6.84. The quantitative estimate of drug-likeness (QED) is 0.432. The number of amides is 1. The van der Waals surface area contributed by atoms with Crippen LogP contribution in [0.25, 0.3) is 11.1 Å². The van der Waals surface area contributed by atoms with Gasteiger partial charge < -0.3 is 34.5 Å². The van der Waals surface area contributed by atoms with Crippen molar-refractivity contribution in [2.24, 2.45) is 0 Å². The summed E-state index contributed by atoms with van der Waals surface area (Å²) < 4.78 is 35.9. The fourth-order valence-corrected chi connectivity index (χ4v) is 3.46. The number of halogens is 1. The highest BCUT2D eigenvalue weighted by molar-refractivity contribution is 5.89. The number of nitrogens with zero attached hydrogens (tertiary/aromatic N) is 3. The van der Waals surface area contributed by atoms with Crippen molar-refractivity contribution in [1.29, 1.82) is 0 Å². The van der Waals surface area contributed by atoms with Gasteiger partial charge in [0.15, 0.2) is 17.3 Å². The normalized spacial score (nSPS) is 12.1. The molecule has 0 radical (unpaired) electrons. The van der Waals surface area contributed by atoms with Gasteiger partial charge in [0.1, 0.15) is 17.5 Å². The lowest BCUT2D eigenvalue weighted by Crippen LogP contribution is -2.33. The van der Waals surface area contributed by atoms with Gasteiger partial charge in [0.2, 0.25) is 0 Å². The van der Waals surface area contributed by atoms with Crippen LogP contribution in [0, 0.1) is 5.82 Å². The Hall–Kier alpha value is -4.35. The lowest BCUT2D eigenvalue weighted by atomic mass is 10.0. The second-order valence-electron chi connectivity index (χ2n) is 9.23. The average molecular weight is 517 g/mol. The maximum atomic E-state index is 13.9. The van der Waals surface area contributed by atoms with E-state index < -0.39 is 29.6 Å². The van der Waals surface area contributed by atoms with Gasteiger partial charge in [-0.05, 0) is 57.1 Å². The molecule has 2 aromatic heterocycles. The van der Waals surface area contributed by atoms with Crippen LogP contribution in [0.2, 0.25) is 0 Å². The number of aromatic nitrogens is 2. The van der Waals surface area contributed by atoms with Gasteiger partial charge in [-0.2, -0.15) is 0 Å². The smallest absolute Gasteiger partial charge is 0.410 e. The number of hydrogen-bond acceptors (Lipinski definition) is 9. The highest BCUT2D eigenvalue weighted by atomic mass is 19.1. The van der Waals surface area contributed by atoms with Crippen LogP contribution >= 0.6 is 0 Å². The van der Waals surface area contributed by atoms with Crippen LogP contribution in [-0.2, 0) is 11.3 Å². The second-order valence-corrected chi connectivity index (χ2v) is 9.23. The Kier molecular flexibility index (Phi) is 7.90. The molecule has 1 aromatic carbocycles. The standard InChI is InChI=1S/C25H29FN4O7/c1-13(17-10-15(26)7-8-16(17)23(31)32)35-18-9-14(11-28-21(18)27)20-19(37-29-22(20)34-6)12-30(5)24(33)36-25(2,3)4/h7-11,13H,12H2,1-6H3,(H2,27,28)(H,31,32)/t13-/m1/s1. The first-order chi connectivity index (χ1) is 17.3. The summed E-state index contributed by atoms with van der Waals surface area (Å²) in [5, 5.41) is 13.4. The van der Waals surface area contributed by atoms with Crippen molar-refractivity contribution in [3.8, 4) is 22.8 Å². The summed E-state index contributed by atoms with van der Waals surface area (Å²) in [6.07, 6.45) is -0.00117. The molecule has 2 heterocycles. The Morgan fingerprint density at radius 3 is 2.59 bits per heavy atom. The molecule has 37 heavy (non-hydrogen) atoms. The van der Waals surface area contributed by atoms with E-state index in [0.717, 1.165) is 12.1 Å². The molecule has 198 valence electrons. The number of carboxylic acid groups (broad SMARTS) is 1. The van der Waals surface area contributed by atoms with Crippen molar-refractivity contribution < 1.29 is 37.8 Å². The van der Waals surface area contributed by atoms with Crippen LogP contribution in [0.3, 0.4) is 0 Å². The average Bonchev–Trinajstić information content (AvgIpc) is 3.21. The van der Waals surface area contributed by atoms with Crippen LogP contribution in [-0.4, -0.2) is 52.0 Å². The minimum absolute atomic E-state index is 0.00282. The molecule has 0 unspecified atom stereocenters. The number of benzene rings is 1. The highest BCUT2D eigenvalue weighted by Crippen LogP contribution is 2.37. The maximum Gasteiger partial charge on any atom is 0.410 e. The lowest BCUT2D eigenvalue weighted by molar-refractivity contribution is 0.0271. The minimum Gasteiger partial charge on any atom is -0.482 e. The van der Waals surface area contributed by atoms with E-state index in [1.807, 2.05) is 0 Å². The number of rotatable bonds is 8. The molecule has 3 N–H and O–H groups in total. The molecule has 0 aliphatic heterocycles. The number of aromatic carboxylic acids is 1. The molecule has 11 nitrogen and oxygen atoms in total. The first kappa shape index (κ1) is 27.2. The molecule has 0 saturated heterocycles. The van der Waals surface area contributed by atoms with E-state index in [1.54, 1.807) is 40.8 Å². The van der Waals surface area contributed by atoms with Crippen molar-refractivity contribution in [2.75, 3.05) is 19.9 Å². The summed E-state index contributed by atoms with van der Waals surface area (Å²) in [6, 6.07) is 4.87. The molecule has 12 heteroatoms. The monoisotopic (exact) mass is 516 g/mol. The molecule has 1 amide bonds. The third-order valence-electron chi connectivity index (χ3n) is 5.17. The number of carbonyl (C=O) groups excluding carboxylic acids is 1. The number of ether oxygens (including phenoxy) is 3. The summed E-state index contributed by atoms with van der Waals surface area (Å²) in [5.41, 5.74) is 6.20. The molecule has 3 aromatic rings. The van der Waals surface area contributed by atoms with Crippen LogP contribution < -0.4 is 15.2 Å². The molecule has 0 saturated carbocycles. The van der Waals surface area contributed by atoms with Gasteiger partial charge in [-0.3, -0.25) is 0 Å². The number of hydrogen-bond donors (Lipinski definition) is 2. The molecule has 1 atom stereocenters. The van der Waals surface area contributed by atoms with E-state index in [-0.39, 0.29) is 40.9 Å². The summed E-state index contributed by atoms with van der Waals surface area (Å²) in [7, 11) is 2.95. The largest absolute Gasteiger partial charge is 0.482 e. The van der Waals surface area contributed by atoms with Crippen LogP contribution in [0.4, 0.5) is 15.0 Å². The van der Waals surface area contributed by atoms with Crippen molar-refractivity contribution in [3.63, 3.8) is 0 Å². The number of carbonyl (C=O) groups is 2. The highest BCUT2D eigenvalue weighted by Gasteiger charge is 2.26. The van der Waals surface area contributed by atoms with Crippen molar-refractivity contribution in [1.82, 2.24) is 15.0 Å². The number of methoxy groups -OCH3 is 1. The zero-order chi connectivity index (χ0) is 27.5. The SMILES string of the molecule is COc1noc(CN(C)C(=O)OC(C)(C)C)c1-c1cnc(N)c(O[C@H](C)c2cc(F)ccc2C(=O)O)c1. The van der Waals surface area contributed by atoms with Crippen molar-refractivity contribution in [2.45, 2.75) is 45.9 Å². The Morgan fingerprint density at radius 2 is 1.97 bits per heavy atom. The van der Waals surface area contributed by atoms with Gasteiger partial charge in [-0.1, -0.05) is 0 Å². The van der Waals surface area contributed by atoms with Gasteiger partial charge in [-0.25, -0.2) is 19.0 Å². The Labute approximate surface area is 212 Å². The molecule has 3 rings (SSSR count). The van der Waals surface area contributed by atoms with E-state index in [0.29, 0.717) is 11.1 Å². The van der Waals surface area contributed by atoms with E-state index in [1.165, 1.54) is 24.3 Å². The van der Waals surface area contributed by atoms with Crippen LogP contribution in [0.5, 0.6) is 11.6 Å². The number of carboxylic acids is 1. The van der Waals surface area contributed by atoms with Crippen molar-refractivity contribution in [3.05, 3.63) is 53.2 Å². The number of nitrogens with two attached hydrogens (primary N) is 1. The summed E-state index contributed by atoms with van der Waals surface area (Å²) in [4.78, 5) is 29.5. The Balaban J connectivity index is 1.94. The summed E-state index contributed by atoms with van der Waals surface area (Å²) in [5.74, 6) is -1.28. The van der Waals surface area contributed by atoms with Crippen LogP contribution in [0.1, 0.15) is 55.5 Å². The molecule has 0 aliphatic carbocycles.